The number of esters is 1. The highest BCUT2D eigenvalue weighted by Gasteiger charge is 2.19. The number of carbonyl (C=O) groups excluding carboxylic acids is 1. The van der Waals surface area contributed by atoms with E-state index < -0.39 is 5.97 Å². The Morgan fingerprint density at radius 2 is 1.62 bits per heavy atom. The molecule has 0 atom stereocenters. The molecule has 0 N–H and O–H groups in total. The van der Waals surface area contributed by atoms with Crippen molar-refractivity contribution in [1.82, 2.24) is 4.98 Å². The molecule has 0 saturated heterocycles. The topological polar surface area (TPSA) is 80.0 Å². The van der Waals surface area contributed by atoms with Gasteiger partial charge in [-0.25, -0.2) is 9.78 Å². The molecule has 7 heteroatoms. The summed E-state index contributed by atoms with van der Waals surface area (Å²) in [5, 5.41) is 0. The third kappa shape index (κ3) is 3.46. The van der Waals surface area contributed by atoms with E-state index in [9.17, 15) is 4.79 Å². The van der Waals surface area contributed by atoms with Crippen molar-refractivity contribution in [1.29, 1.82) is 0 Å². The second-order valence-corrected chi connectivity index (χ2v) is 5.15. The number of hydrogen-bond acceptors (Lipinski definition) is 7. The van der Waals surface area contributed by atoms with Crippen LogP contribution in [0.2, 0.25) is 0 Å². The molecular weight excluding hydrogens is 338 g/mol. The number of ether oxygens (including phenoxy) is 4. The van der Waals surface area contributed by atoms with Crippen molar-refractivity contribution in [2.45, 2.75) is 0 Å². The number of nitrogens with zero attached hydrogens (tertiary/aromatic N) is 1. The summed E-state index contributed by atoms with van der Waals surface area (Å²) in [7, 11) is 4.45. The number of aromatic nitrogens is 1. The monoisotopic (exact) mass is 355 g/mol. The van der Waals surface area contributed by atoms with E-state index in [0.717, 1.165) is 5.56 Å². The minimum Gasteiger partial charge on any atom is -0.493 e. The Labute approximate surface area is 150 Å². The van der Waals surface area contributed by atoms with Gasteiger partial charge in [0.1, 0.15) is 12.0 Å². The smallest absolute Gasteiger partial charge is 0.365 e. The molecule has 3 aromatic rings. The van der Waals surface area contributed by atoms with Crippen molar-refractivity contribution < 1.29 is 28.2 Å². The van der Waals surface area contributed by atoms with Gasteiger partial charge in [0.15, 0.2) is 17.2 Å². The first-order valence-electron chi connectivity index (χ1n) is 7.69. The van der Waals surface area contributed by atoms with Gasteiger partial charge < -0.3 is 23.4 Å². The highest BCUT2D eigenvalue weighted by Crippen LogP contribution is 2.40. The highest BCUT2D eigenvalue weighted by molar-refractivity contribution is 5.89. The summed E-state index contributed by atoms with van der Waals surface area (Å²) < 4.78 is 26.4. The molecule has 0 unspecified atom stereocenters. The Hall–Kier alpha value is -3.48. The fourth-order valence-electron chi connectivity index (χ4n) is 2.36. The second kappa shape index (κ2) is 7.60. The Morgan fingerprint density at radius 3 is 2.19 bits per heavy atom. The van der Waals surface area contributed by atoms with Crippen molar-refractivity contribution in [3.63, 3.8) is 0 Å². The molecule has 0 fully saturated rings. The average molecular weight is 355 g/mol. The van der Waals surface area contributed by atoms with E-state index >= 15 is 0 Å². The summed E-state index contributed by atoms with van der Waals surface area (Å²) in [6.45, 7) is 0. The van der Waals surface area contributed by atoms with Crippen LogP contribution in [-0.4, -0.2) is 32.3 Å². The molecule has 0 radical (unpaired) electrons. The predicted octanol–water partition coefficient (Wildman–Crippen LogP) is 3.59. The van der Waals surface area contributed by atoms with E-state index in [1.165, 1.54) is 39.7 Å². The number of rotatable bonds is 6. The van der Waals surface area contributed by atoms with Crippen LogP contribution in [0.15, 0.2) is 53.1 Å². The number of hydrogen-bond donors (Lipinski definition) is 0. The average Bonchev–Trinajstić information content (AvgIpc) is 3.18. The van der Waals surface area contributed by atoms with Gasteiger partial charge in [-0.1, -0.05) is 18.2 Å². The predicted molar refractivity (Wildman–Crippen MR) is 93.0 cm³/mol. The van der Waals surface area contributed by atoms with Crippen LogP contribution in [0.4, 0.5) is 0 Å². The summed E-state index contributed by atoms with van der Waals surface area (Å²) in [4.78, 5) is 16.5. The quantitative estimate of drug-likeness (QED) is 0.494. The zero-order valence-corrected chi connectivity index (χ0v) is 14.5. The molecule has 2 aromatic carbocycles. The van der Waals surface area contributed by atoms with Gasteiger partial charge in [0, 0.05) is 17.7 Å². The fourth-order valence-corrected chi connectivity index (χ4v) is 2.36. The summed E-state index contributed by atoms with van der Waals surface area (Å²) in [6.07, 6.45) is 1.25. The van der Waals surface area contributed by atoms with Crippen LogP contribution in [0, 0.1) is 0 Å². The van der Waals surface area contributed by atoms with Gasteiger partial charge in [-0.2, -0.15) is 0 Å². The molecule has 134 valence electrons. The first kappa shape index (κ1) is 17.3. The maximum Gasteiger partial charge on any atom is 0.365 e. The molecule has 0 aliphatic carbocycles. The molecule has 1 heterocycles. The van der Waals surface area contributed by atoms with Crippen molar-refractivity contribution in [2.75, 3.05) is 21.3 Å². The molecule has 0 spiro atoms. The van der Waals surface area contributed by atoms with Crippen molar-refractivity contribution in [3.8, 4) is 34.5 Å². The Morgan fingerprint density at radius 1 is 0.962 bits per heavy atom. The first-order valence-corrected chi connectivity index (χ1v) is 7.69. The summed E-state index contributed by atoms with van der Waals surface area (Å²) in [5.74, 6) is 1.06. The van der Waals surface area contributed by atoms with Gasteiger partial charge >= 0.3 is 5.97 Å². The highest BCUT2D eigenvalue weighted by atomic mass is 16.5. The normalized spacial score (nSPS) is 10.3. The summed E-state index contributed by atoms with van der Waals surface area (Å²) in [5.41, 5.74) is 0.817. The number of carbonyl (C=O) groups is 1. The van der Waals surface area contributed by atoms with Crippen LogP contribution in [0.25, 0.3) is 11.5 Å². The van der Waals surface area contributed by atoms with Gasteiger partial charge in [0.25, 0.3) is 0 Å². The van der Waals surface area contributed by atoms with Gasteiger partial charge in [0.05, 0.1) is 21.3 Å². The Kier molecular flexibility index (Phi) is 5.07. The molecule has 0 saturated carbocycles. The van der Waals surface area contributed by atoms with Crippen molar-refractivity contribution in [2.24, 2.45) is 0 Å². The lowest BCUT2D eigenvalue weighted by molar-refractivity contribution is 0.0728. The zero-order valence-electron chi connectivity index (χ0n) is 14.5. The Bertz CT molecular complexity index is 878. The van der Waals surface area contributed by atoms with E-state index in [1.807, 2.05) is 30.3 Å². The molecule has 3 rings (SSSR count). The van der Waals surface area contributed by atoms with Gasteiger partial charge in [-0.05, 0) is 12.1 Å². The SMILES string of the molecule is COc1cc(OC(=O)c2coc(-c3ccccc3)n2)cc(OC)c1OC. The molecule has 26 heavy (non-hydrogen) atoms. The number of benzene rings is 2. The summed E-state index contributed by atoms with van der Waals surface area (Å²) in [6, 6.07) is 12.3. The molecular formula is C19H17NO6. The van der Waals surface area contributed by atoms with Crippen molar-refractivity contribution >= 4 is 5.97 Å². The number of methoxy groups -OCH3 is 3. The van der Waals surface area contributed by atoms with E-state index in [2.05, 4.69) is 4.98 Å². The molecule has 0 aliphatic rings. The fraction of sp³-hybridized carbons (Fsp3) is 0.158. The van der Waals surface area contributed by atoms with E-state index in [1.54, 1.807) is 0 Å². The van der Waals surface area contributed by atoms with Crippen LogP contribution in [0.5, 0.6) is 23.0 Å². The minimum absolute atomic E-state index is 0.0533. The Balaban J connectivity index is 1.83. The lowest BCUT2D eigenvalue weighted by Crippen LogP contribution is -2.09. The van der Waals surface area contributed by atoms with E-state index in [4.69, 9.17) is 23.4 Å². The van der Waals surface area contributed by atoms with Crippen LogP contribution in [0.1, 0.15) is 10.5 Å². The van der Waals surface area contributed by atoms with E-state index in [0.29, 0.717) is 23.1 Å². The standard InChI is InChI=1S/C19H17NO6/c1-22-15-9-13(10-16(23-2)17(15)24-3)26-19(21)14-11-25-18(20-14)12-7-5-4-6-8-12/h4-11H,1-3H3. The first-order chi connectivity index (χ1) is 12.7. The summed E-state index contributed by atoms with van der Waals surface area (Å²) >= 11 is 0. The molecule has 0 aliphatic heterocycles. The van der Waals surface area contributed by atoms with Crippen LogP contribution in [-0.2, 0) is 0 Å². The third-order valence-electron chi connectivity index (χ3n) is 3.58. The zero-order chi connectivity index (χ0) is 18.5. The molecule has 7 nitrogen and oxygen atoms in total. The van der Waals surface area contributed by atoms with Crippen LogP contribution in [0.3, 0.4) is 0 Å². The van der Waals surface area contributed by atoms with Crippen LogP contribution >= 0.6 is 0 Å². The van der Waals surface area contributed by atoms with E-state index in [-0.39, 0.29) is 11.4 Å². The second-order valence-electron chi connectivity index (χ2n) is 5.15. The maximum absolute atomic E-state index is 12.4. The minimum atomic E-state index is -0.662. The molecule has 0 bridgehead atoms. The maximum atomic E-state index is 12.4. The largest absolute Gasteiger partial charge is 0.493 e. The van der Waals surface area contributed by atoms with Crippen molar-refractivity contribution in [3.05, 3.63) is 54.4 Å². The van der Waals surface area contributed by atoms with Crippen LogP contribution < -0.4 is 18.9 Å². The molecule has 0 amide bonds. The van der Waals surface area contributed by atoms with Gasteiger partial charge in [-0.3, -0.25) is 0 Å². The molecule has 1 aromatic heterocycles. The van der Waals surface area contributed by atoms with Gasteiger partial charge in [-0.15, -0.1) is 0 Å². The third-order valence-corrected chi connectivity index (χ3v) is 3.58. The lowest BCUT2D eigenvalue weighted by atomic mass is 10.2. The lowest BCUT2D eigenvalue weighted by Gasteiger charge is -2.13. The number of oxazole rings is 1. The van der Waals surface area contributed by atoms with Gasteiger partial charge in [0.2, 0.25) is 11.6 Å².